The first-order valence-corrected chi connectivity index (χ1v) is 9.27. The highest BCUT2D eigenvalue weighted by Gasteiger charge is 2.15. The van der Waals surface area contributed by atoms with E-state index in [1.54, 1.807) is 25.3 Å². The average Bonchev–Trinajstić information content (AvgIpc) is 2.57. The van der Waals surface area contributed by atoms with E-state index in [0.29, 0.717) is 31.9 Å². The predicted molar refractivity (Wildman–Crippen MR) is 93.9 cm³/mol. The number of ether oxygens (including phenoxy) is 2. The highest BCUT2D eigenvalue weighted by Crippen LogP contribution is 2.21. The van der Waals surface area contributed by atoms with Crippen LogP contribution in [-0.2, 0) is 21.2 Å². The lowest BCUT2D eigenvalue weighted by molar-refractivity contribution is 0.146. The number of hydrogen-bond donors (Lipinski definition) is 1. The lowest BCUT2D eigenvalue weighted by Crippen LogP contribution is -2.26. The molecule has 0 amide bonds. The zero-order valence-electron chi connectivity index (χ0n) is 14.0. The number of hydrogen-bond acceptors (Lipinski definition) is 4. The van der Waals surface area contributed by atoms with E-state index in [2.05, 4.69) is 4.72 Å². The van der Waals surface area contributed by atoms with Crippen LogP contribution in [0.1, 0.15) is 11.1 Å². The Morgan fingerprint density at radius 1 is 1.04 bits per heavy atom. The first-order valence-electron chi connectivity index (χ1n) is 7.79. The van der Waals surface area contributed by atoms with Gasteiger partial charge < -0.3 is 9.47 Å². The van der Waals surface area contributed by atoms with Crippen LogP contribution in [-0.4, -0.2) is 35.3 Å². The molecule has 2 aromatic carbocycles. The summed E-state index contributed by atoms with van der Waals surface area (Å²) in [7, 11) is -1.92. The zero-order chi connectivity index (χ0) is 17.4. The molecule has 0 fully saturated rings. The van der Waals surface area contributed by atoms with Crippen molar-refractivity contribution in [3.8, 4) is 5.75 Å². The Morgan fingerprint density at radius 2 is 1.79 bits per heavy atom. The molecule has 2 rings (SSSR count). The molecule has 0 spiro atoms. The van der Waals surface area contributed by atoms with Crippen molar-refractivity contribution < 1.29 is 17.9 Å². The molecular weight excluding hydrogens is 326 g/mol. The van der Waals surface area contributed by atoms with Gasteiger partial charge in [-0.3, -0.25) is 0 Å². The van der Waals surface area contributed by atoms with Gasteiger partial charge in [0.15, 0.2) is 0 Å². The van der Waals surface area contributed by atoms with E-state index >= 15 is 0 Å². The first-order chi connectivity index (χ1) is 11.5. The number of methoxy groups -OCH3 is 1. The van der Waals surface area contributed by atoms with Crippen molar-refractivity contribution in [3.05, 3.63) is 59.7 Å². The highest BCUT2D eigenvalue weighted by atomic mass is 32.2. The molecule has 1 N–H and O–H groups in total. The fourth-order valence-corrected chi connectivity index (χ4v) is 3.36. The summed E-state index contributed by atoms with van der Waals surface area (Å²) in [6.45, 7) is 3.10. The molecule has 5 nitrogen and oxygen atoms in total. The van der Waals surface area contributed by atoms with Gasteiger partial charge in [-0.2, -0.15) is 0 Å². The minimum Gasteiger partial charge on any atom is -0.491 e. The third-order valence-electron chi connectivity index (χ3n) is 3.55. The molecule has 0 bridgehead atoms. The molecule has 6 heteroatoms. The van der Waals surface area contributed by atoms with Gasteiger partial charge in [-0.25, -0.2) is 13.1 Å². The molecule has 0 heterocycles. The van der Waals surface area contributed by atoms with Gasteiger partial charge in [0, 0.05) is 13.7 Å². The standard InChI is InChI=1S/C18H23NO4S/c1-15-14-17(8-9-18(15)23-13-12-22-2)24(20,21)19-11-10-16-6-4-3-5-7-16/h3-9,14,19H,10-13H2,1-2H3. The Balaban J connectivity index is 1.97. The monoisotopic (exact) mass is 349 g/mol. The van der Waals surface area contributed by atoms with Gasteiger partial charge in [-0.05, 0) is 42.7 Å². The van der Waals surface area contributed by atoms with Crippen LogP contribution in [0.15, 0.2) is 53.4 Å². The molecule has 130 valence electrons. The molecule has 0 aliphatic heterocycles. The van der Waals surface area contributed by atoms with Crippen LogP contribution in [0.2, 0.25) is 0 Å². The Bertz CT molecular complexity index is 745. The second kappa shape index (κ2) is 8.82. The third-order valence-corrected chi connectivity index (χ3v) is 5.01. The lowest BCUT2D eigenvalue weighted by atomic mass is 10.2. The molecule has 0 unspecified atom stereocenters. The van der Waals surface area contributed by atoms with Crippen molar-refractivity contribution in [2.45, 2.75) is 18.2 Å². The Labute approximate surface area is 143 Å². The minimum atomic E-state index is -3.53. The lowest BCUT2D eigenvalue weighted by Gasteiger charge is -2.11. The van der Waals surface area contributed by atoms with Gasteiger partial charge in [0.25, 0.3) is 0 Å². The number of benzene rings is 2. The maximum Gasteiger partial charge on any atom is 0.240 e. The van der Waals surface area contributed by atoms with Crippen molar-refractivity contribution in [3.63, 3.8) is 0 Å². The van der Waals surface area contributed by atoms with E-state index in [1.807, 2.05) is 37.3 Å². The van der Waals surface area contributed by atoms with Crippen LogP contribution in [0, 0.1) is 6.92 Å². The number of nitrogens with one attached hydrogen (secondary N) is 1. The zero-order valence-corrected chi connectivity index (χ0v) is 14.8. The van der Waals surface area contributed by atoms with E-state index in [0.717, 1.165) is 11.1 Å². The molecule has 0 aliphatic carbocycles. The summed E-state index contributed by atoms with van der Waals surface area (Å²) in [5.41, 5.74) is 1.87. The quantitative estimate of drug-likeness (QED) is 0.707. The summed E-state index contributed by atoms with van der Waals surface area (Å²) >= 11 is 0. The predicted octanol–water partition coefficient (Wildman–Crippen LogP) is 2.54. The van der Waals surface area contributed by atoms with Crippen LogP contribution >= 0.6 is 0 Å². The Morgan fingerprint density at radius 3 is 2.46 bits per heavy atom. The molecule has 0 aliphatic rings. The fourth-order valence-electron chi connectivity index (χ4n) is 2.24. The number of aryl methyl sites for hydroxylation is 1. The molecule has 0 aromatic heterocycles. The van der Waals surface area contributed by atoms with Crippen LogP contribution < -0.4 is 9.46 Å². The van der Waals surface area contributed by atoms with E-state index < -0.39 is 10.0 Å². The molecular formula is C18H23NO4S. The van der Waals surface area contributed by atoms with Crippen molar-refractivity contribution in [1.82, 2.24) is 4.72 Å². The van der Waals surface area contributed by atoms with Gasteiger partial charge in [0.2, 0.25) is 10.0 Å². The van der Waals surface area contributed by atoms with Crippen LogP contribution in [0.3, 0.4) is 0 Å². The normalized spacial score (nSPS) is 11.4. The minimum absolute atomic E-state index is 0.243. The van der Waals surface area contributed by atoms with E-state index in [9.17, 15) is 8.42 Å². The van der Waals surface area contributed by atoms with Crippen LogP contribution in [0.5, 0.6) is 5.75 Å². The van der Waals surface area contributed by atoms with E-state index in [1.165, 1.54) is 0 Å². The molecule has 0 saturated heterocycles. The summed E-state index contributed by atoms with van der Waals surface area (Å²) in [6, 6.07) is 14.6. The van der Waals surface area contributed by atoms with Crippen molar-refractivity contribution in [2.75, 3.05) is 26.9 Å². The molecule has 0 saturated carbocycles. The summed E-state index contributed by atoms with van der Waals surface area (Å²) in [5.74, 6) is 0.662. The van der Waals surface area contributed by atoms with E-state index in [-0.39, 0.29) is 4.90 Å². The number of sulfonamides is 1. The van der Waals surface area contributed by atoms with Gasteiger partial charge in [0.05, 0.1) is 11.5 Å². The van der Waals surface area contributed by atoms with Crippen LogP contribution in [0.4, 0.5) is 0 Å². The second-order valence-corrected chi connectivity index (χ2v) is 7.17. The summed E-state index contributed by atoms with van der Waals surface area (Å²) in [6.07, 6.45) is 0.650. The summed E-state index contributed by atoms with van der Waals surface area (Å²) in [4.78, 5) is 0.243. The van der Waals surface area contributed by atoms with E-state index in [4.69, 9.17) is 9.47 Å². The largest absolute Gasteiger partial charge is 0.491 e. The number of rotatable bonds is 9. The Kier molecular flexibility index (Phi) is 6.78. The van der Waals surface area contributed by atoms with Gasteiger partial charge >= 0.3 is 0 Å². The van der Waals surface area contributed by atoms with Crippen LogP contribution in [0.25, 0.3) is 0 Å². The fraction of sp³-hybridized carbons (Fsp3) is 0.333. The van der Waals surface area contributed by atoms with Crippen molar-refractivity contribution >= 4 is 10.0 Å². The molecule has 0 atom stereocenters. The molecule has 0 radical (unpaired) electrons. The van der Waals surface area contributed by atoms with Gasteiger partial charge in [-0.1, -0.05) is 30.3 Å². The van der Waals surface area contributed by atoms with Gasteiger partial charge in [-0.15, -0.1) is 0 Å². The second-order valence-electron chi connectivity index (χ2n) is 5.40. The van der Waals surface area contributed by atoms with Crippen molar-refractivity contribution in [1.29, 1.82) is 0 Å². The highest BCUT2D eigenvalue weighted by molar-refractivity contribution is 7.89. The average molecular weight is 349 g/mol. The maximum absolute atomic E-state index is 12.4. The summed E-state index contributed by atoms with van der Waals surface area (Å²) < 4.78 is 37.9. The van der Waals surface area contributed by atoms with Gasteiger partial charge in [0.1, 0.15) is 12.4 Å². The third kappa shape index (κ3) is 5.33. The SMILES string of the molecule is COCCOc1ccc(S(=O)(=O)NCCc2ccccc2)cc1C. The Hall–Kier alpha value is -1.89. The van der Waals surface area contributed by atoms with Crippen molar-refractivity contribution in [2.24, 2.45) is 0 Å². The topological polar surface area (TPSA) is 64.6 Å². The first kappa shape index (κ1) is 18.4. The smallest absolute Gasteiger partial charge is 0.240 e. The summed E-state index contributed by atoms with van der Waals surface area (Å²) in [5, 5.41) is 0. The molecule has 2 aromatic rings. The maximum atomic E-state index is 12.4. The molecule has 24 heavy (non-hydrogen) atoms.